The minimum Gasteiger partial charge on any atom is -0.324 e. The van der Waals surface area contributed by atoms with Gasteiger partial charge in [-0.05, 0) is 56.0 Å². The summed E-state index contributed by atoms with van der Waals surface area (Å²) in [4.78, 5) is 11.7. The van der Waals surface area contributed by atoms with Crippen LogP contribution in [0.4, 0.5) is 11.6 Å². The third kappa shape index (κ3) is 4.22. The van der Waals surface area contributed by atoms with Crippen LogP contribution in [0, 0.1) is 6.92 Å². The number of fused-ring (bicyclic) bond motifs is 1. The third-order valence-corrected chi connectivity index (χ3v) is 5.32. The minimum absolute atomic E-state index is 0.321. The third-order valence-electron chi connectivity index (χ3n) is 5.32. The van der Waals surface area contributed by atoms with Gasteiger partial charge in [-0.25, -0.2) is 9.97 Å². The largest absolute Gasteiger partial charge is 0.324 e. The highest BCUT2D eigenvalue weighted by Gasteiger charge is 2.16. The lowest BCUT2D eigenvalue weighted by molar-refractivity contribution is 0.282. The molecule has 3 heterocycles. The van der Waals surface area contributed by atoms with Gasteiger partial charge in [0.2, 0.25) is 5.95 Å². The summed E-state index contributed by atoms with van der Waals surface area (Å²) in [6, 6.07) is 6.85. The van der Waals surface area contributed by atoms with Gasteiger partial charge in [-0.1, -0.05) is 12.1 Å². The molecule has 1 aliphatic heterocycles. The van der Waals surface area contributed by atoms with Crippen molar-refractivity contribution in [2.75, 3.05) is 18.4 Å². The number of hydrogen-bond acceptors (Lipinski definition) is 5. The molecule has 0 spiro atoms. The number of aryl methyl sites for hydroxylation is 1. The summed E-state index contributed by atoms with van der Waals surface area (Å²) in [5.41, 5.74) is 6.75. The topological polar surface area (TPSA) is 58.9 Å². The fraction of sp³-hybridized carbons (Fsp3) is 0.348. The molecular formula is C23H28N6. The second kappa shape index (κ2) is 8.17. The molecule has 3 aromatic rings. The fourth-order valence-electron chi connectivity index (χ4n) is 3.69. The second-order valence-corrected chi connectivity index (χ2v) is 7.91. The average molecular weight is 389 g/mol. The van der Waals surface area contributed by atoms with E-state index < -0.39 is 0 Å². The van der Waals surface area contributed by atoms with Crippen LogP contribution >= 0.6 is 0 Å². The average Bonchev–Trinajstić information content (AvgIpc) is 3.20. The van der Waals surface area contributed by atoms with Gasteiger partial charge < -0.3 is 5.32 Å². The van der Waals surface area contributed by atoms with Crippen LogP contribution in [0.15, 0.2) is 49.4 Å². The lowest BCUT2D eigenvalue weighted by Crippen LogP contribution is -2.30. The van der Waals surface area contributed by atoms with E-state index in [9.17, 15) is 0 Å². The summed E-state index contributed by atoms with van der Waals surface area (Å²) in [5, 5.41) is 7.82. The highest BCUT2D eigenvalue weighted by atomic mass is 15.3. The van der Waals surface area contributed by atoms with Crippen molar-refractivity contribution in [2.45, 2.75) is 39.8 Å². The Kier molecular flexibility index (Phi) is 5.45. The van der Waals surface area contributed by atoms with Gasteiger partial charge in [0, 0.05) is 49.3 Å². The van der Waals surface area contributed by atoms with Crippen LogP contribution in [0.1, 0.15) is 36.6 Å². The van der Waals surface area contributed by atoms with Gasteiger partial charge in [0.15, 0.2) is 0 Å². The van der Waals surface area contributed by atoms with Gasteiger partial charge in [-0.2, -0.15) is 5.10 Å². The lowest BCUT2D eigenvalue weighted by atomic mass is 9.99. The van der Waals surface area contributed by atoms with E-state index in [0.29, 0.717) is 12.0 Å². The Bertz CT molecular complexity index is 1020. The van der Waals surface area contributed by atoms with Gasteiger partial charge in [0.1, 0.15) is 0 Å². The monoisotopic (exact) mass is 388 g/mol. The maximum atomic E-state index is 4.76. The Morgan fingerprint density at radius 1 is 1.24 bits per heavy atom. The van der Waals surface area contributed by atoms with E-state index in [2.05, 4.69) is 58.9 Å². The predicted octanol–water partition coefficient (Wildman–Crippen LogP) is 4.52. The molecule has 29 heavy (non-hydrogen) atoms. The van der Waals surface area contributed by atoms with Crippen LogP contribution < -0.4 is 5.32 Å². The molecule has 0 saturated carbocycles. The van der Waals surface area contributed by atoms with E-state index in [1.165, 1.54) is 11.1 Å². The second-order valence-electron chi connectivity index (χ2n) is 7.91. The molecule has 0 aliphatic carbocycles. The molecule has 150 valence electrons. The maximum Gasteiger partial charge on any atom is 0.227 e. The molecule has 0 unspecified atom stereocenters. The van der Waals surface area contributed by atoms with Crippen LogP contribution in [0.3, 0.4) is 0 Å². The van der Waals surface area contributed by atoms with E-state index in [0.717, 1.165) is 48.6 Å². The number of hydrogen-bond donors (Lipinski definition) is 1. The maximum absolute atomic E-state index is 4.76. The minimum atomic E-state index is 0.321. The number of aromatic nitrogens is 4. The molecule has 1 N–H and O–H groups in total. The molecule has 4 rings (SSSR count). The summed E-state index contributed by atoms with van der Waals surface area (Å²) >= 11 is 0. The fourth-order valence-corrected chi connectivity index (χ4v) is 3.69. The van der Waals surface area contributed by atoms with Crippen molar-refractivity contribution in [1.29, 1.82) is 0 Å². The number of rotatable bonds is 6. The number of benzene rings is 1. The van der Waals surface area contributed by atoms with Crippen LogP contribution in [0.25, 0.3) is 11.3 Å². The van der Waals surface area contributed by atoms with Crippen LogP contribution in [0.2, 0.25) is 0 Å². The molecule has 0 radical (unpaired) electrons. The molecule has 0 atom stereocenters. The van der Waals surface area contributed by atoms with Crippen molar-refractivity contribution in [2.24, 2.45) is 0 Å². The highest BCUT2D eigenvalue weighted by Crippen LogP contribution is 2.26. The molecule has 6 heteroatoms. The van der Waals surface area contributed by atoms with Gasteiger partial charge in [0.25, 0.3) is 0 Å². The molecule has 0 saturated heterocycles. The SMILES string of the molecule is C=CCN1CCc2cc(Nc3ncc(C)c(-c4cnn(C(C)C)c4)n3)ccc2C1. The summed E-state index contributed by atoms with van der Waals surface area (Å²) in [6.07, 6.45) is 8.79. The van der Waals surface area contributed by atoms with Crippen LogP contribution in [-0.2, 0) is 13.0 Å². The normalized spacial score (nSPS) is 14.1. The van der Waals surface area contributed by atoms with E-state index in [-0.39, 0.29) is 0 Å². The molecule has 6 nitrogen and oxygen atoms in total. The number of anilines is 2. The Balaban J connectivity index is 1.55. The Morgan fingerprint density at radius 2 is 2.10 bits per heavy atom. The van der Waals surface area contributed by atoms with Gasteiger partial charge in [-0.3, -0.25) is 9.58 Å². The molecule has 0 amide bonds. The zero-order chi connectivity index (χ0) is 20.4. The van der Waals surface area contributed by atoms with Crippen LogP contribution in [0.5, 0.6) is 0 Å². The first-order valence-electron chi connectivity index (χ1n) is 10.1. The molecule has 1 aliphatic rings. The number of nitrogens with zero attached hydrogens (tertiary/aromatic N) is 5. The summed E-state index contributed by atoms with van der Waals surface area (Å²) < 4.78 is 1.95. The van der Waals surface area contributed by atoms with Crippen molar-refractivity contribution in [3.63, 3.8) is 0 Å². The number of nitrogens with one attached hydrogen (secondary N) is 1. The van der Waals surface area contributed by atoms with E-state index >= 15 is 0 Å². The van der Waals surface area contributed by atoms with Gasteiger partial charge in [0.05, 0.1) is 11.9 Å². The zero-order valence-electron chi connectivity index (χ0n) is 17.4. The molecule has 1 aromatic carbocycles. The van der Waals surface area contributed by atoms with E-state index in [1.807, 2.05) is 36.3 Å². The first kappa shape index (κ1) is 19.3. The zero-order valence-corrected chi connectivity index (χ0v) is 17.4. The highest BCUT2D eigenvalue weighted by molar-refractivity contribution is 5.64. The van der Waals surface area contributed by atoms with Gasteiger partial charge in [-0.15, -0.1) is 6.58 Å². The first-order chi connectivity index (χ1) is 14.0. The Morgan fingerprint density at radius 3 is 2.86 bits per heavy atom. The summed E-state index contributed by atoms with van der Waals surface area (Å²) in [7, 11) is 0. The summed E-state index contributed by atoms with van der Waals surface area (Å²) in [6.45, 7) is 13.1. The predicted molar refractivity (Wildman–Crippen MR) is 117 cm³/mol. The Hall–Kier alpha value is -2.99. The van der Waals surface area contributed by atoms with Crippen LogP contribution in [-0.4, -0.2) is 37.7 Å². The van der Waals surface area contributed by atoms with Crippen molar-refractivity contribution in [1.82, 2.24) is 24.6 Å². The molecular weight excluding hydrogens is 360 g/mol. The van der Waals surface area contributed by atoms with Crippen molar-refractivity contribution < 1.29 is 0 Å². The smallest absolute Gasteiger partial charge is 0.227 e. The quantitative estimate of drug-likeness (QED) is 0.629. The van der Waals surface area contributed by atoms with E-state index in [4.69, 9.17) is 4.98 Å². The van der Waals surface area contributed by atoms with Gasteiger partial charge >= 0.3 is 0 Å². The molecule has 0 fully saturated rings. The van der Waals surface area contributed by atoms with Crippen molar-refractivity contribution >= 4 is 11.6 Å². The Labute approximate surface area is 172 Å². The van der Waals surface area contributed by atoms with Crippen molar-refractivity contribution in [3.8, 4) is 11.3 Å². The van der Waals surface area contributed by atoms with Crippen molar-refractivity contribution in [3.05, 3.63) is 66.1 Å². The standard InChI is InChI=1S/C23H28N6/c1-5-9-28-10-8-18-11-21(7-6-19(18)14-28)26-23-24-12-17(4)22(27-23)20-13-25-29(15-20)16(2)3/h5-7,11-13,15-16H,1,8-10,14H2,2-4H3,(H,24,26,27). The molecule has 0 bridgehead atoms. The summed E-state index contributed by atoms with van der Waals surface area (Å²) in [5.74, 6) is 0.604. The molecule has 2 aromatic heterocycles. The lowest BCUT2D eigenvalue weighted by Gasteiger charge is -2.28. The van der Waals surface area contributed by atoms with E-state index in [1.54, 1.807) is 0 Å². The first-order valence-corrected chi connectivity index (χ1v) is 10.1.